The van der Waals surface area contributed by atoms with Crippen LogP contribution in [0.5, 0.6) is 0 Å². The SMILES string of the molecule is COCCOCCOCCOCCOCCOCCOC1CCC(c2nccc(CO)n2)CC1. The second-order valence-corrected chi connectivity index (χ2v) is 7.96. The van der Waals surface area contributed by atoms with E-state index in [1.54, 1.807) is 19.4 Å². The lowest BCUT2D eigenvalue weighted by molar-refractivity contribution is -0.0326. The van der Waals surface area contributed by atoms with Gasteiger partial charge in [-0.1, -0.05) is 0 Å². The molecule has 0 aromatic carbocycles. The molecule has 0 unspecified atom stereocenters. The fourth-order valence-corrected chi connectivity index (χ4v) is 3.58. The van der Waals surface area contributed by atoms with E-state index < -0.39 is 0 Å². The first-order valence-corrected chi connectivity index (χ1v) is 12.3. The first-order chi connectivity index (χ1) is 16.8. The monoisotopic (exact) mass is 486 g/mol. The molecule has 1 heterocycles. The predicted molar refractivity (Wildman–Crippen MR) is 125 cm³/mol. The molecule has 1 aromatic rings. The lowest BCUT2D eigenvalue weighted by Crippen LogP contribution is -2.23. The maximum absolute atomic E-state index is 9.24. The van der Waals surface area contributed by atoms with Gasteiger partial charge in [-0.15, -0.1) is 0 Å². The van der Waals surface area contributed by atoms with Crippen molar-refractivity contribution >= 4 is 0 Å². The molecule has 0 saturated heterocycles. The Morgan fingerprint density at radius 2 is 1.24 bits per heavy atom. The fourth-order valence-electron chi connectivity index (χ4n) is 3.58. The summed E-state index contributed by atoms with van der Waals surface area (Å²) in [6.07, 6.45) is 5.99. The number of hydrogen-bond donors (Lipinski definition) is 1. The van der Waals surface area contributed by atoms with Crippen molar-refractivity contribution in [2.45, 2.75) is 44.3 Å². The van der Waals surface area contributed by atoms with Crippen molar-refractivity contribution in [3.05, 3.63) is 23.8 Å². The average Bonchev–Trinajstić information content (AvgIpc) is 2.88. The van der Waals surface area contributed by atoms with E-state index in [0.717, 1.165) is 31.5 Å². The molecule has 1 aromatic heterocycles. The third-order valence-corrected chi connectivity index (χ3v) is 5.43. The maximum atomic E-state index is 9.24. The Bertz CT molecular complexity index is 602. The Hall–Kier alpha value is -1.24. The Morgan fingerprint density at radius 3 is 1.74 bits per heavy atom. The van der Waals surface area contributed by atoms with E-state index in [1.165, 1.54) is 0 Å². The van der Waals surface area contributed by atoms with Crippen molar-refractivity contribution in [1.82, 2.24) is 9.97 Å². The molecule has 0 atom stereocenters. The van der Waals surface area contributed by atoms with Crippen LogP contribution in [0.4, 0.5) is 0 Å². The van der Waals surface area contributed by atoms with Crippen molar-refractivity contribution in [3.8, 4) is 0 Å². The molecule has 1 fully saturated rings. The summed E-state index contributed by atoms with van der Waals surface area (Å²) in [5, 5.41) is 9.24. The first-order valence-electron chi connectivity index (χ1n) is 12.3. The van der Waals surface area contributed by atoms with Gasteiger partial charge in [-0.3, -0.25) is 0 Å². The molecule has 1 N–H and O–H groups in total. The highest BCUT2D eigenvalue weighted by molar-refractivity contribution is 5.05. The van der Waals surface area contributed by atoms with Crippen molar-refractivity contribution in [2.75, 3.05) is 86.4 Å². The standard InChI is InChI=1S/C24H42N2O8/c1-28-8-9-29-10-11-30-12-13-31-14-15-32-16-17-33-18-19-34-23-4-2-21(3-5-23)24-25-7-6-22(20-27)26-24/h6-7,21,23,27H,2-5,8-20H2,1H3. The van der Waals surface area contributed by atoms with Gasteiger partial charge in [0.1, 0.15) is 5.82 Å². The van der Waals surface area contributed by atoms with Gasteiger partial charge in [0, 0.05) is 19.2 Å². The molecule has 0 radical (unpaired) electrons. The van der Waals surface area contributed by atoms with E-state index in [2.05, 4.69) is 9.97 Å². The second kappa shape index (κ2) is 20.0. The number of hydrogen-bond acceptors (Lipinski definition) is 10. The lowest BCUT2D eigenvalue weighted by Gasteiger charge is -2.27. The zero-order valence-corrected chi connectivity index (χ0v) is 20.5. The molecule has 196 valence electrons. The number of aliphatic hydroxyl groups is 1. The van der Waals surface area contributed by atoms with Gasteiger partial charge in [-0.2, -0.15) is 0 Å². The second-order valence-electron chi connectivity index (χ2n) is 7.96. The van der Waals surface area contributed by atoms with Crippen molar-refractivity contribution in [2.24, 2.45) is 0 Å². The van der Waals surface area contributed by atoms with E-state index >= 15 is 0 Å². The highest BCUT2D eigenvalue weighted by atomic mass is 16.6. The molecular formula is C24H42N2O8. The van der Waals surface area contributed by atoms with Crippen LogP contribution in [0.1, 0.15) is 43.1 Å². The van der Waals surface area contributed by atoms with E-state index in [1.807, 2.05) is 0 Å². The van der Waals surface area contributed by atoms with Crippen LogP contribution in [-0.4, -0.2) is 108 Å². The molecule has 0 spiro atoms. The fraction of sp³-hybridized carbons (Fsp3) is 0.833. The predicted octanol–water partition coefficient (Wildman–Crippen LogP) is 1.74. The summed E-state index contributed by atoms with van der Waals surface area (Å²) >= 11 is 0. The minimum Gasteiger partial charge on any atom is -0.390 e. The summed E-state index contributed by atoms with van der Waals surface area (Å²) in [6, 6.07) is 1.75. The summed E-state index contributed by atoms with van der Waals surface area (Å²) in [6.45, 7) is 6.65. The van der Waals surface area contributed by atoms with Gasteiger partial charge in [0.2, 0.25) is 0 Å². The van der Waals surface area contributed by atoms with Gasteiger partial charge in [-0.05, 0) is 31.7 Å². The first kappa shape index (κ1) is 29.0. The molecule has 0 amide bonds. The number of nitrogens with zero attached hydrogens (tertiary/aromatic N) is 2. The normalized spacial score (nSPS) is 18.4. The van der Waals surface area contributed by atoms with Gasteiger partial charge in [-0.25, -0.2) is 9.97 Å². The molecule has 10 heteroatoms. The summed E-state index contributed by atoms with van der Waals surface area (Å²) in [5.74, 6) is 1.19. The lowest BCUT2D eigenvalue weighted by atomic mass is 9.87. The molecule has 10 nitrogen and oxygen atoms in total. The molecular weight excluding hydrogens is 444 g/mol. The van der Waals surface area contributed by atoms with E-state index in [4.69, 9.17) is 33.2 Å². The van der Waals surface area contributed by atoms with Crippen molar-refractivity contribution in [1.29, 1.82) is 0 Å². The van der Waals surface area contributed by atoms with Gasteiger partial charge >= 0.3 is 0 Å². The summed E-state index contributed by atoms with van der Waals surface area (Å²) < 4.78 is 38.0. The van der Waals surface area contributed by atoms with Crippen LogP contribution in [0.25, 0.3) is 0 Å². The third-order valence-electron chi connectivity index (χ3n) is 5.43. The minimum atomic E-state index is -0.0463. The average molecular weight is 487 g/mol. The van der Waals surface area contributed by atoms with Crippen LogP contribution >= 0.6 is 0 Å². The molecule has 34 heavy (non-hydrogen) atoms. The Morgan fingerprint density at radius 1 is 0.735 bits per heavy atom. The van der Waals surface area contributed by atoms with Gasteiger partial charge in [0.05, 0.1) is 97.7 Å². The van der Waals surface area contributed by atoms with Crippen LogP contribution in [0, 0.1) is 0 Å². The molecule has 1 saturated carbocycles. The van der Waals surface area contributed by atoms with Gasteiger partial charge in [0.15, 0.2) is 0 Å². The Balaban J connectivity index is 1.31. The van der Waals surface area contributed by atoms with E-state index in [0.29, 0.717) is 90.9 Å². The molecule has 2 rings (SSSR count). The van der Waals surface area contributed by atoms with Crippen LogP contribution in [-0.2, 0) is 39.8 Å². The molecule has 0 aliphatic heterocycles. The van der Waals surface area contributed by atoms with E-state index in [9.17, 15) is 5.11 Å². The molecule has 1 aliphatic rings. The topological polar surface area (TPSA) is 111 Å². The zero-order valence-electron chi connectivity index (χ0n) is 20.5. The van der Waals surface area contributed by atoms with Crippen LogP contribution in [0.2, 0.25) is 0 Å². The molecule has 1 aliphatic carbocycles. The van der Waals surface area contributed by atoms with Crippen LogP contribution < -0.4 is 0 Å². The number of rotatable bonds is 21. The van der Waals surface area contributed by atoms with Crippen LogP contribution in [0.3, 0.4) is 0 Å². The maximum Gasteiger partial charge on any atom is 0.131 e. The summed E-state index contributed by atoms with van der Waals surface area (Å²) in [5.41, 5.74) is 0.679. The third kappa shape index (κ3) is 13.6. The van der Waals surface area contributed by atoms with Crippen molar-refractivity contribution < 1.29 is 38.3 Å². The van der Waals surface area contributed by atoms with Gasteiger partial charge < -0.3 is 38.3 Å². The number of ether oxygens (including phenoxy) is 7. The summed E-state index contributed by atoms with van der Waals surface area (Å²) in [4.78, 5) is 8.81. The largest absolute Gasteiger partial charge is 0.390 e. The quantitative estimate of drug-likeness (QED) is 0.258. The Labute approximate surface area is 203 Å². The highest BCUT2D eigenvalue weighted by Gasteiger charge is 2.24. The van der Waals surface area contributed by atoms with E-state index in [-0.39, 0.29) is 12.7 Å². The Kier molecular flexibility index (Phi) is 17.1. The minimum absolute atomic E-state index is 0.0463. The van der Waals surface area contributed by atoms with Crippen LogP contribution in [0.15, 0.2) is 12.3 Å². The zero-order chi connectivity index (χ0) is 24.1. The molecule has 0 bridgehead atoms. The smallest absolute Gasteiger partial charge is 0.131 e. The number of methoxy groups -OCH3 is 1. The number of aromatic nitrogens is 2. The van der Waals surface area contributed by atoms with Crippen molar-refractivity contribution in [3.63, 3.8) is 0 Å². The van der Waals surface area contributed by atoms with Gasteiger partial charge in [0.25, 0.3) is 0 Å². The highest BCUT2D eigenvalue weighted by Crippen LogP contribution is 2.32. The number of aliphatic hydroxyl groups excluding tert-OH is 1. The summed E-state index contributed by atoms with van der Waals surface area (Å²) in [7, 11) is 1.65.